The van der Waals surface area contributed by atoms with E-state index in [1.54, 1.807) is 6.08 Å². The lowest BCUT2D eigenvalue weighted by atomic mass is 9.84. The molecule has 0 aromatic heterocycles. The first kappa shape index (κ1) is 42.0. The molecule has 11 nitrogen and oxygen atoms in total. The number of imide groups is 2. The standard InChI is InChI=1S/C44H60N4O7/c1-7-30-34(25-27(2)3)32(38-37(30)41(50)48(44(38)53)22-20-46-19-17-36(49)55-24-23-54-6)15-16-33-35(26-28(4)5)31(14-13-29-11-9-8-10-12-29)39-40(33)43(52)47(21-18-45)42(39)51/h7-12,15-16,25-28,30-33,37-40,46H,1,13-14,17-24,45H2,2-6H3/b16-15-,34-25+,35-26-/t30-,31+,32+,33-,37+,38-,39-,40+/m0/s1. The van der Waals surface area contributed by atoms with E-state index >= 15 is 0 Å². The fourth-order valence-electron chi connectivity index (χ4n) is 9.31. The predicted molar refractivity (Wildman–Crippen MR) is 211 cm³/mol. The molecule has 2 heterocycles. The number of ether oxygens (including phenoxy) is 2. The molecule has 5 rings (SSSR count). The molecule has 8 atom stereocenters. The number of carbonyl (C=O) groups is 5. The number of nitrogens with two attached hydrogens (primary N) is 1. The zero-order valence-corrected chi connectivity index (χ0v) is 33.2. The molecular weight excluding hydrogens is 697 g/mol. The molecule has 2 saturated heterocycles. The van der Waals surface area contributed by atoms with Crippen LogP contribution in [0.3, 0.4) is 0 Å². The van der Waals surface area contributed by atoms with Crippen LogP contribution in [0.5, 0.6) is 0 Å². The average Bonchev–Trinajstić information content (AvgIpc) is 3.78. The first-order valence-electron chi connectivity index (χ1n) is 20.0. The zero-order valence-electron chi connectivity index (χ0n) is 33.2. The summed E-state index contributed by atoms with van der Waals surface area (Å²) >= 11 is 0. The maximum Gasteiger partial charge on any atom is 0.307 e. The van der Waals surface area contributed by atoms with E-state index in [1.807, 2.05) is 18.2 Å². The van der Waals surface area contributed by atoms with Crippen LogP contribution in [0, 0.1) is 59.2 Å². The van der Waals surface area contributed by atoms with Gasteiger partial charge in [-0.05, 0) is 36.2 Å². The number of hydrogen-bond acceptors (Lipinski definition) is 9. The number of hydrogen-bond donors (Lipinski definition) is 2. The molecule has 4 fully saturated rings. The van der Waals surface area contributed by atoms with E-state index in [0.29, 0.717) is 19.7 Å². The lowest BCUT2D eigenvalue weighted by Gasteiger charge is -2.24. The van der Waals surface area contributed by atoms with Gasteiger partial charge in [0.1, 0.15) is 6.61 Å². The van der Waals surface area contributed by atoms with Gasteiger partial charge in [-0.15, -0.1) is 6.58 Å². The van der Waals surface area contributed by atoms with E-state index < -0.39 is 23.7 Å². The number of methoxy groups -OCH3 is 1. The third-order valence-electron chi connectivity index (χ3n) is 11.5. The van der Waals surface area contributed by atoms with Crippen LogP contribution < -0.4 is 11.1 Å². The summed E-state index contributed by atoms with van der Waals surface area (Å²) in [7, 11) is 1.54. The van der Waals surface area contributed by atoms with Gasteiger partial charge in [0.2, 0.25) is 23.6 Å². The molecule has 298 valence electrons. The number of aryl methyl sites for hydroxylation is 1. The number of esters is 1. The van der Waals surface area contributed by atoms with E-state index in [-0.39, 0.29) is 97.8 Å². The van der Waals surface area contributed by atoms with Crippen molar-refractivity contribution < 1.29 is 33.4 Å². The monoisotopic (exact) mass is 756 g/mol. The van der Waals surface area contributed by atoms with E-state index in [2.05, 4.69) is 76.0 Å². The Morgan fingerprint density at radius 3 is 1.96 bits per heavy atom. The van der Waals surface area contributed by atoms with Gasteiger partial charge in [0.05, 0.1) is 36.7 Å². The van der Waals surface area contributed by atoms with Gasteiger partial charge in [0.15, 0.2) is 0 Å². The Balaban J connectivity index is 1.43. The van der Waals surface area contributed by atoms with Crippen molar-refractivity contribution >= 4 is 29.6 Å². The topological polar surface area (TPSA) is 148 Å². The quantitative estimate of drug-likeness (QED) is 0.0911. The minimum Gasteiger partial charge on any atom is -0.463 e. The second-order valence-electron chi connectivity index (χ2n) is 15.9. The molecule has 2 saturated carbocycles. The molecule has 0 radical (unpaired) electrons. The molecule has 4 amide bonds. The van der Waals surface area contributed by atoms with Crippen molar-refractivity contribution in [1.29, 1.82) is 0 Å². The summed E-state index contributed by atoms with van der Waals surface area (Å²) in [6.45, 7) is 14.3. The van der Waals surface area contributed by atoms with Crippen molar-refractivity contribution in [1.82, 2.24) is 15.1 Å². The highest BCUT2D eigenvalue weighted by Crippen LogP contribution is 2.55. The first-order chi connectivity index (χ1) is 26.4. The molecule has 11 heteroatoms. The third-order valence-corrected chi connectivity index (χ3v) is 11.5. The third kappa shape index (κ3) is 9.11. The van der Waals surface area contributed by atoms with Crippen LogP contribution in [-0.2, 0) is 39.9 Å². The van der Waals surface area contributed by atoms with E-state index in [4.69, 9.17) is 15.2 Å². The molecule has 2 aliphatic heterocycles. The number of nitrogens with zero attached hydrogens (tertiary/aromatic N) is 2. The van der Waals surface area contributed by atoms with Gasteiger partial charge in [0.25, 0.3) is 0 Å². The summed E-state index contributed by atoms with van der Waals surface area (Å²) in [5.41, 5.74) is 9.16. The molecule has 3 N–H and O–H groups in total. The first-order valence-corrected chi connectivity index (χ1v) is 20.0. The number of likely N-dealkylation sites (tertiary alicyclic amines) is 2. The van der Waals surface area contributed by atoms with Gasteiger partial charge >= 0.3 is 5.97 Å². The van der Waals surface area contributed by atoms with Crippen LogP contribution in [-0.4, -0.2) is 92.4 Å². The number of allylic oxidation sites excluding steroid dienone is 7. The number of amides is 4. The predicted octanol–water partition coefficient (Wildman–Crippen LogP) is 4.35. The second kappa shape index (κ2) is 19.1. The number of rotatable bonds is 19. The lowest BCUT2D eigenvalue weighted by molar-refractivity contribution is -0.145. The largest absolute Gasteiger partial charge is 0.463 e. The van der Waals surface area contributed by atoms with Crippen LogP contribution in [0.15, 0.2) is 78.4 Å². The fourth-order valence-corrected chi connectivity index (χ4v) is 9.31. The smallest absolute Gasteiger partial charge is 0.307 e. The Morgan fingerprint density at radius 2 is 1.36 bits per heavy atom. The van der Waals surface area contributed by atoms with Gasteiger partial charge in [-0.2, -0.15) is 0 Å². The molecule has 0 bridgehead atoms. The average molecular weight is 757 g/mol. The number of carbonyl (C=O) groups excluding carboxylic acids is 5. The fraction of sp³-hybridized carbons (Fsp3) is 0.568. The van der Waals surface area contributed by atoms with Crippen LogP contribution in [0.1, 0.15) is 46.1 Å². The summed E-state index contributed by atoms with van der Waals surface area (Å²) in [4.78, 5) is 71.1. The van der Waals surface area contributed by atoms with Gasteiger partial charge in [-0.25, -0.2) is 0 Å². The minimum atomic E-state index is -0.620. The molecule has 1 aromatic rings. The van der Waals surface area contributed by atoms with E-state index in [1.165, 1.54) is 22.5 Å². The van der Waals surface area contributed by atoms with Crippen molar-refractivity contribution in [3.63, 3.8) is 0 Å². The van der Waals surface area contributed by atoms with E-state index in [0.717, 1.165) is 24.0 Å². The number of nitrogens with one attached hydrogen (secondary N) is 1. The Kier molecular flexibility index (Phi) is 14.6. The molecule has 1 aromatic carbocycles. The minimum absolute atomic E-state index is 0.130. The summed E-state index contributed by atoms with van der Waals surface area (Å²) in [6.07, 6.45) is 11.9. The van der Waals surface area contributed by atoms with Gasteiger partial charge in [0, 0.05) is 57.6 Å². The molecule has 0 unspecified atom stereocenters. The molecule has 4 aliphatic rings. The van der Waals surface area contributed by atoms with Gasteiger partial charge in [-0.3, -0.25) is 33.8 Å². The van der Waals surface area contributed by atoms with Crippen molar-refractivity contribution in [2.75, 3.05) is 53.0 Å². The zero-order chi connectivity index (χ0) is 39.8. The van der Waals surface area contributed by atoms with Crippen LogP contribution >= 0.6 is 0 Å². The van der Waals surface area contributed by atoms with Crippen molar-refractivity contribution in [2.24, 2.45) is 64.9 Å². The summed E-state index contributed by atoms with van der Waals surface area (Å²) < 4.78 is 10.0. The molecule has 2 aliphatic carbocycles. The van der Waals surface area contributed by atoms with Crippen LogP contribution in [0.25, 0.3) is 0 Å². The molecule has 0 spiro atoms. The maximum atomic E-state index is 14.3. The SMILES string of the molecule is C=C[C@H]1/C(=C\C(C)C)[C@@H](/C=C\[C@H]2/C(=C\C(C)C)[C@@H](CCc3ccccc3)[C@@H]3C(=O)N(CCN)C(=O)[C@@H]32)[C@@H]2C(=O)N(CCNCCC(=O)OCCOC)C(=O)[C@@H]21. The Bertz CT molecular complexity index is 1670. The summed E-state index contributed by atoms with van der Waals surface area (Å²) in [5.74, 6) is -4.24. The highest BCUT2D eigenvalue weighted by atomic mass is 16.6. The number of fused-ring (bicyclic) bond motifs is 2. The Morgan fingerprint density at radius 1 is 0.800 bits per heavy atom. The highest BCUT2D eigenvalue weighted by Gasteiger charge is 2.61. The summed E-state index contributed by atoms with van der Waals surface area (Å²) in [5, 5.41) is 3.16. The van der Waals surface area contributed by atoms with Crippen molar-refractivity contribution in [2.45, 2.75) is 47.0 Å². The Hall–Kier alpha value is -4.19. The number of benzene rings is 1. The maximum absolute atomic E-state index is 14.3. The normalized spacial score (nSPS) is 29.2. The second-order valence-corrected chi connectivity index (χ2v) is 15.9. The van der Waals surface area contributed by atoms with Crippen molar-refractivity contribution in [3.05, 3.63) is 84.0 Å². The van der Waals surface area contributed by atoms with Crippen LogP contribution in [0.2, 0.25) is 0 Å². The van der Waals surface area contributed by atoms with Gasteiger partial charge in [-0.1, -0.05) is 99.6 Å². The molecule has 55 heavy (non-hydrogen) atoms. The summed E-state index contributed by atoms with van der Waals surface area (Å²) in [6, 6.07) is 10.2. The van der Waals surface area contributed by atoms with Gasteiger partial charge < -0.3 is 20.5 Å². The van der Waals surface area contributed by atoms with Crippen LogP contribution in [0.4, 0.5) is 0 Å². The van der Waals surface area contributed by atoms with Crippen molar-refractivity contribution in [3.8, 4) is 0 Å². The lowest BCUT2D eigenvalue weighted by Crippen LogP contribution is -2.39. The Labute approximate surface area is 326 Å². The highest BCUT2D eigenvalue weighted by molar-refractivity contribution is 6.07. The van der Waals surface area contributed by atoms with E-state index in [9.17, 15) is 24.0 Å². The molecular formula is C44H60N4O7.